The van der Waals surface area contributed by atoms with Crippen molar-refractivity contribution in [2.75, 3.05) is 32.2 Å². The fraction of sp³-hybridized carbons (Fsp3) is 0.600. The average molecular weight is 362 g/mol. The summed E-state index contributed by atoms with van der Waals surface area (Å²) in [7, 11) is 3.13. The van der Waals surface area contributed by atoms with Crippen LogP contribution in [-0.4, -0.2) is 50.1 Å². The van der Waals surface area contributed by atoms with Crippen molar-refractivity contribution in [1.82, 2.24) is 4.90 Å². The molecule has 0 aliphatic carbocycles. The van der Waals surface area contributed by atoms with E-state index in [2.05, 4.69) is 6.92 Å². The third kappa shape index (κ3) is 4.68. The molecule has 0 saturated carbocycles. The van der Waals surface area contributed by atoms with Gasteiger partial charge in [0.25, 0.3) is 0 Å². The second-order valence-electron chi connectivity index (χ2n) is 6.60. The summed E-state index contributed by atoms with van der Waals surface area (Å²) in [6, 6.07) is 5.68. The first-order valence-electron chi connectivity index (χ1n) is 9.31. The average Bonchev–Trinajstić information content (AvgIpc) is 2.67. The second-order valence-corrected chi connectivity index (χ2v) is 6.60. The summed E-state index contributed by atoms with van der Waals surface area (Å²) in [6.07, 6.45) is 4.64. The van der Waals surface area contributed by atoms with Crippen molar-refractivity contribution in [3.05, 3.63) is 18.2 Å². The summed E-state index contributed by atoms with van der Waals surface area (Å²) in [5.41, 5.74) is 0.702. The first-order chi connectivity index (χ1) is 12.5. The van der Waals surface area contributed by atoms with Crippen LogP contribution in [0.3, 0.4) is 0 Å². The van der Waals surface area contributed by atoms with Crippen molar-refractivity contribution in [2.45, 2.75) is 52.0 Å². The topological polar surface area (TPSA) is 59.1 Å². The van der Waals surface area contributed by atoms with Gasteiger partial charge < -0.3 is 19.3 Å². The number of anilines is 1. The molecule has 2 rings (SSSR count). The third-order valence-electron chi connectivity index (χ3n) is 5.03. The van der Waals surface area contributed by atoms with Crippen LogP contribution < -0.4 is 14.4 Å². The number of amides is 2. The number of ether oxygens (including phenoxy) is 2. The first kappa shape index (κ1) is 20.1. The summed E-state index contributed by atoms with van der Waals surface area (Å²) in [5, 5.41) is 0. The zero-order chi connectivity index (χ0) is 19.1. The summed E-state index contributed by atoms with van der Waals surface area (Å²) in [5.74, 6) is 1.19. The molecule has 1 unspecified atom stereocenters. The molecule has 1 fully saturated rings. The van der Waals surface area contributed by atoms with Crippen LogP contribution in [0.2, 0.25) is 0 Å². The van der Waals surface area contributed by atoms with E-state index in [4.69, 9.17) is 9.47 Å². The molecule has 1 atom stereocenters. The Balaban J connectivity index is 2.09. The maximum Gasteiger partial charge on any atom is 0.224 e. The minimum absolute atomic E-state index is 0.101. The lowest BCUT2D eigenvalue weighted by molar-refractivity contribution is -0.134. The lowest BCUT2D eigenvalue weighted by Gasteiger charge is -2.36. The molecule has 1 aliphatic heterocycles. The Labute approximate surface area is 156 Å². The van der Waals surface area contributed by atoms with E-state index in [-0.39, 0.29) is 11.8 Å². The lowest BCUT2D eigenvalue weighted by Crippen LogP contribution is -2.44. The van der Waals surface area contributed by atoms with Crippen LogP contribution in [0.15, 0.2) is 18.2 Å². The van der Waals surface area contributed by atoms with Crippen molar-refractivity contribution in [3.63, 3.8) is 0 Å². The lowest BCUT2D eigenvalue weighted by atomic mass is 9.99. The van der Waals surface area contributed by atoms with Gasteiger partial charge in [-0.15, -0.1) is 0 Å². The number of carbonyl (C=O) groups is 2. The van der Waals surface area contributed by atoms with Crippen molar-refractivity contribution < 1.29 is 19.1 Å². The molecule has 0 radical (unpaired) electrons. The van der Waals surface area contributed by atoms with Gasteiger partial charge in [0.15, 0.2) is 11.5 Å². The Kier molecular flexibility index (Phi) is 7.30. The monoisotopic (exact) mass is 362 g/mol. The molecule has 2 amide bonds. The maximum atomic E-state index is 12.7. The number of carbonyl (C=O) groups excluding carboxylic acids is 2. The predicted molar refractivity (Wildman–Crippen MR) is 102 cm³/mol. The summed E-state index contributed by atoms with van der Waals surface area (Å²) in [4.78, 5) is 28.4. The van der Waals surface area contributed by atoms with E-state index < -0.39 is 0 Å². The van der Waals surface area contributed by atoms with Gasteiger partial charge >= 0.3 is 0 Å². The molecule has 26 heavy (non-hydrogen) atoms. The number of methoxy groups -OCH3 is 2. The van der Waals surface area contributed by atoms with Gasteiger partial charge in [0, 0.05) is 44.2 Å². The number of hydrogen-bond donors (Lipinski definition) is 0. The SMILES string of the molecule is CCC1CCCCN1C(=O)CCN(C(C)=O)c1ccc(OC)c(OC)c1. The first-order valence-corrected chi connectivity index (χ1v) is 9.31. The van der Waals surface area contributed by atoms with Gasteiger partial charge in [-0.05, 0) is 37.8 Å². The van der Waals surface area contributed by atoms with E-state index in [1.54, 1.807) is 31.3 Å². The van der Waals surface area contributed by atoms with Crippen LogP contribution in [0.4, 0.5) is 5.69 Å². The minimum Gasteiger partial charge on any atom is -0.493 e. The molecule has 0 N–H and O–H groups in total. The van der Waals surface area contributed by atoms with Crippen molar-refractivity contribution in [3.8, 4) is 11.5 Å². The summed E-state index contributed by atoms with van der Waals surface area (Å²) < 4.78 is 10.6. The number of piperidine rings is 1. The summed E-state index contributed by atoms with van der Waals surface area (Å²) >= 11 is 0. The molecule has 1 aromatic rings. The largest absolute Gasteiger partial charge is 0.493 e. The number of hydrogen-bond acceptors (Lipinski definition) is 4. The fourth-order valence-corrected chi connectivity index (χ4v) is 3.57. The van der Waals surface area contributed by atoms with Gasteiger partial charge in [-0.1, -0.05) is 6.92 Å². The van der Waals surface area contributed by atoms with Crippen molar-refractivity contribution in [2.24, 2.45) is 0 Å². The molecule has 1 aliphatic rings. The van der Waals surface area contributed by atoms with E-state index in [0.717, 1.165) is 25.8 Å². The molecule has 0 bridgehead atoms. The molecule has 0 aromatic heterocycles. The highest BCUT2D eigenvalue weighted by atomic mass is 16.5. The zero-order valence-electron chi connectivity index (χ0n) is 16.3. The van der Waals surface area contributed by atoms with Crippen LogP contribution in [0, 0.1) is 0 Å². The highest BCUT2D eigenvalue weighted by molar-refractivity contribution is 5.92. The van der Waals surface area contributed by atoms with Gasteiger partial charge in [-0.2, -0.15) is 0 Å². The standard InChI is InChI=1S/C20H30N2O4/c1-5-16-8-6-7-12-22(16)20(24)11-13-21(15(2)23)17-9-10-18(25-3)19(14-17)26-4/h9-10,14,16H,5-8,11-13H2,1-4H3. The maximum absolute atomic E-state index is 12.7. The number of rotatable bonds is 7. The molecule has 144 valence electrons. The summed E-state index contributed by atoms with van der Waals surface area (Å²) in [6.45, 7) is 4.82. The molecule has 6 heteroatoms. The quantitative estimate of drug-likeness (QED) is 0.747. The highest BCUT2D eigenvalue weighted by Gasteiger charge is 2.26. The van der Waals surface area contributed by atoms with Gasteiger partial charge in [0.2, 0.25) is 11.8 Å². The zero-order valence-corrected chi connectivity index (χ0v) is 16.3. The Morgan fingerprint density at radius 1 is 1.19 bits per heavy atom. The van der Waals surface area contributed by atoms with Crippen LogP contribution in [0.5, 0.6) is 11.5 Å². The Morgan fingerprint density at radius 2 is 1.92 bits per heavy atom. The molecule has 6 nitrogen and oxygen atoms in total. The van der Waals surface area contributed by atoms with Gasteiger partial charge in [-0.3, -0.25) is 9.59 Å². The normalized spacial score (nSPS) is 16.9. The third-order valence-corrected chi connectivity index (χ3v) is 5.03. The smallest absolute Gasteiger partial charge is 0.224 e. The van der Waals surface area contributed by atoms with Gasteiger partial charge in [-0.25, -0.2) is 0 Å². The predicted octanol–water partition coefficient (Wildman–Crippen LogP) is 3.24. The van der Waals surface area contributed by atoms with E-state index in [1.807, 2.05) is 11.0 Å². The van der Waals surface area contributed by atoms with E-state index in [1.165, 1.54) is 13.3 Å². The number of nitrogens with zero attached hydrogens (tertiary/aromatic N) is 2. The Hall–Kier alpha value is -2.24. The molecular weight excluding hydrogens is 332 g/mol. The van der Waals surface area contributed by atoms with Crippen molar-refractivity contribution >= 4 is 17.5 Å². The van der Waals surface area contributed by atoms with Crippen LogP contribution in [-0.2, 0) is 9.59 Å². The molecule has 0 spiro atoms. The van der Waals surface area contributed by atoms with E-state index >= 15 is 0 Å². The molecule has 1 saturated heterocycles. The second kappa shape index (κ2) is 9.46. The molecule has 1 aromatic carbocycles. The van der Waals surface area contributed by atoms with Gasteiger partial charge in [0.1, 0.15) is 0 Å². The van der Waals surface area contributed by atoms with Crippen LogP contribution in [0.1, 0.15) is 46.0 Å². The Bertz CT molecular complexity index is 632. The van der Waals surface area contributed by atoms with Crippen molar-refractivity contribution in [1.29, 1.82) is 0 Å². The highest BCUT2D eigenvalue weighted by Crippen LogP contribution is 2.31. The van der Waals surface area contributed by atoms with Crippen LogP contribution in [0.25, 0.3) is 0 Å². The molecule has 1 heterocycles. The van der Waals surface area contributed by atoms with E-state index in [0.29, 0.717) is 36.2 Å². The number of likely N-dealkylation sites (tertiary alicyclic amines) is 1. The molecular formula is C20H30N2O4. The fourth-order valence-electron chi connectivity index (χ4n) is 3.57. The number of benzene rings is 1. The minimum atomic E-state index is -0.101. The van der Waals surface area contributed by atoms with Crippen LogP contribution >= 0.6 is 0 Å². The van der Waals surface area contributed by atoms with E-state index in [9.17, 15) is 9.59 Å². The van der Waals surface area contributed by atoms with Gasteiger partial charge in [0.05, 0.1) is 14.2 Å². The Morgan fingerprint density at radius 3 is 2.54 bits per heavy atom.